The van der Waals surface area contributed by atoms with Crippen LogP contribution in [0.1, 0.15) is 31.3 Å². The third-order valence-electron chi connectivity index (χ3n) is 3.87. The number of nitrogens with zero attached hydrogens (tertiary/aromatic N) is 2. The zero-order chi connectivity index (χ0) is 20.1. The molecule has 0 aliphatic heterocycles. The average Bonchev–Trinajstić information content (AvgIpc) is 3.08. The lowest BCUT2D eigenvalue weighted by Gasteiger charge is -2.19. The van der Waals surface area contributed by atoms with Gasteiger partial charge in [-0.15, -0.1) is 10.2 Å². The third kappa shape index (κ3) is 5.68. The highest BCUT2D eigenvalue weighted by molar-refractivity contribution is 7.15. The third-order valence-corrected chi connectivity index (χ3v) is 4.94. The molecular formula is C20H21ClN4O2S. The number of nitrogens with one attached hydrogen (secondary N) is 2. The van der Waals surface area contributed by atoms with Crippen molar-refractivity contribution in [2.75, 3.05) is 10.6 Å². The summed E-state index contributed by atoms with van der Waals surface area (Å²) in [5.74, 6) is 0.686. The smallest absolute Gasteiger partial charge is 0.325 e. The first kappa shape index (κ1) is 20.1. The molecule has 0 saturated carbocycles. The van der Waals surface area contributed by atoms with Gasteiger partial charge >= 0.3 is 6.03 Å². The van der Waals surface area contributed by atoms with Gasteiger partial charge in [-0.2, -0.15) is 0 Å². The van der Waals surface area contributed by atoms with Crippen LogP contribution in [0.3, 0.4) is 0 Å². The van der Waals surface area contributed by atoms with Crippen LogP contribution in [-0.4, -0.2) is 16.2 Å². The Morgan fingerprint density at radius 1 is 1.04 bits per heavy atom. The zero-order valence-corrected chi connectivity index (χ0v) is 17.4. The van der Waals surface area contributed by atoms with Gasteiger partial charge in [0, 0.05) is 10.7 Å². The summed E-state index contributed by atoms with van der Waals surface area (Å²) in [4.78, 5) is 12.2. The monoisotopic (exact) mass is 416 g/mol. The van der Waals surface area contributed by atoms with Gasteiger partial charge in [-0.05, 0) is 47.4 Å². The number of hydrogen-bond donors (Lipinski definition) is 2. The van der Waals surface area contributed by atoms with Crippen LogP contribution < -0.4 is 15.4 Å². The summed E-state index contributed by atoms with van der Waals surface area (Å²) in [7, 11) is 0. The fourth-order valence-electron chi connectivity index (χ4n) is 2.35. The van der Waals surface area contributed by atoms with Gasteiger partial charge < -0.3 is 10.1 Å². The predicted octanol–water partition coefficient (Wildman–Crippen LogP) is 5.71. The number of urea groups is 1. The maximum Gasteiger partial charge on any atom is 0.325 e. The summed E-state index contributed by atoms with van der Waals surface area (Å²) in [6, 6.07) is 14.5. The Morgan fingerprint density at radius 2 is 1.71 bits per heavy atom. The van der Waals surface area contributed by atoms with Crippen molar-refractivity contribution >= 4 is 39.8 Å². The van der Waals surface area contributed by atoms with Crippen molar-refractivity contribution < 1.29 is 9.53 Å². The minimum absolute atomic E-state index is 0.0673. The van der Waals surface area contributed by atoms with E-state index in [-0.39, 0.29) is 18.1 Å². The first-order valence-electron chi connectivity index (χ1n) is 8.69. The fraction of sp³-hybridized carbons (Fsp3) is 0.250. The van der Waals surface area contributed by atoms with E-state index in [0.29, 0.717) is 26.6 Å². The number of halogens is 1. The molecular weight excluding hydrogens is 396 g/mol. The van der Waals surface area contributed by atoms with E-state index in [1.807, 2.05) is 24.3 Å². The Balaban J connectivity index is 1.51. The molecule has 3 rings (SSSR count). The highest BCUT2D eigenvalue weighted by Gasteiger charge is 2.13. The van der Waals surface area contributed by atoms with Crippen LogP contribution in [-0.2, 0) is 12.0 Å². The van der Waals surface area contributed by atoms with Crippen molar-refractivity contribution in [3.8, 4) is 5.75 Å². The van der Waals surface area contributed by atoms with Gasteiger partial charge in [0.15, 0.2) is 5.01 Å². The van der Waals surface area contributed by atoms with E-state index >= 15 is 0 Å². The first-order valence-corrected chi connectivity index (χ1v) is 9.88. The molecule has 0 atom stereocenters. The van der Waals surface area contributed by atoms with E-state index < -0.39 is 0 Å². The molecule has 146 valence electrons. The highest BCUT2D eigenvalue weighted by Crippen LogP contribution is 2.24. The van der Waals surface area contributed by atoms with E-state index in [1.165, 1.54) is 16.9 Å². The number of aromatic nitrogens is 2. The van der Waals surface area contributed by atoms with Crippen LogP contribution in [0, 0.1) is 0 Å². The second-order valence-electron chi connectivity index (χ2n) is 7.15. The summed E-state index contributed by atoms with van der Waals surface area (Å²) in [5, 5.41) is 15.2. The average molecular weight is 417 g/mol. The molecule has 28 heavy (non-hydrogen) atoms. The molecule has 0 saturated heterocycles. The van der Waals surface area contributed by atoms with Crippen molar-refractivity contribution in [3.05, 3.63) is 64.1 Å². The predicted molar refractivity (Wildman–Crippen MR) is 113 cm³/mol. The first-order chi connectivity index (χ1) is 13.3. The number of ether oxygens (including phenoxy) is 1. The lowest BCUT2D eigenvalue weighted by molar-refractivity contribution is 0.262. The van der Waals surface area contributed by atoms with Crippen LogP contribution in [0.5, 0.6) is 5.75 Å². The SMILES string of the molecule is CC(C)(C)c1ccc(NC(=O)Nc2nnc(COc3ccc(Cl)cc3)s2)cc1. The van der Waals surface area contributed by atoms with Crippen LogP contribution in [0.15, 0.2) is 48.5 Å². The molecule has 8 heteroatoms. The largest absolute Gasteiger partial charge is 0.486 e. The van der Waals surface area contributed by atoms with Gasteiger partial charge in [0.05, 0.1) is 0 Å². The molecule has 0 aliphatic rings. The van der Waals surface area contributed by atoms with E-state index in [9.17, 15) is 4.79 Å². The molecule has 0 spiro atoms. The van der Waals surface area contributed by atoms with Gasteiger partial charge in [-0.25, -0.2) is 4.79 Å². The summed E-state index contributed by atoms with van der Waals surface area (Å²) >= 11 is 7.10. The summed E-state index contributed by atoms with van der Waals surface area (Å²) in [6.07, 6.45) is 0. The van der Waals surface area contributed by atoms with Gasteiger partial charge in [-0.1, -0.05) is 55.8 Å². The number of rotatable bonds is 5. The zero-order valence-electron chi connectivity index (χ0n) is 15.8. The topological polar surface area (TPSA) is 76.1 Å². The molecule has 2 amide bonds. The Labute approximate surface area is 172 Å². The normalized spacial score (nSPS) is 11.1. The number of carbonyl (C=O) groups is 1. The van der Waals surface area contributed by atoms with Gasteiger partial charge in [0.2, 0.25) is 5.13 Å². The second-order valence-corrected chi connectivity index (χ2v) is 8.65. The Bertz CT molecular complexity index is 934. The minimum atomic E-state index is -0.371. The Kier molecular flexibility index (Phi) is 6.16. The fourth-order valence-corrected chi connectivity index (χ4v) is 3.13. The highest BCUT2D eigenvalue weighted by atomic mass is 35.5. The quantitative estimate of drug-likeness (QED) is 0.558. The van der Waals surface area contributed by atoms with Gasteiger partial charge in [0.25, 0.3) is 0 Å². The summed E-state index contributed by atoms with van der Waals surface area (Å²) in [6.45, 7) is 6.69. The molecule has 2 aromatic carbocycles. The van der Waals surface area contributed by atoms with Crippen LogP contribution in [0.2, 0.25) is 5.02 Å². The van der Waals surface area contributed by atoms with Gasteiger partial charge in [-0.3, -0.25) is 5.32 Å². The Morgan fingerprint density at radius 3 is 2.36 bits per heavy atom. The van der Waals surface area contributed by atoms with Crippen LogP contribution in [0.4, 0.5) is 15.6 Å². The van der Waals surface area contributed by atoms with Crippen molar-refractivity contribution in [3.63, 3.8) is 0 Å². The maximum atomic E-state index is 12.2. The number of amides is 2. The molecule has 6 nitrogen and oxygen atoms in total. The van der Waals surface area contributed by atoms with Crippen molar-refractivity contribution in [2.24, 2.45) is 0 Å². The van der Waals surface area contributed by atoms with Crippen LogP contribution >= 0.6 is 22.9 Å². The molecule has 3 aromatic rings. The van der Waals surface area contributed by atoms with E-state index in [2.05, 4.69) is 41.6 Å². The molecule has 0 unspecified atom stereocenters. The molecule has 0 aliphatic carbocycles. The van der Waals surface area contributed by atoms with Gasteiger partial charge in [0.1, 0.15) is 12.4 Å². The number of hydrogen-bond acceptors (Lipinski definition) is 5. The second kappa shape index (κ2) is 8.58. The molecule has 0 fully saturated rings. The summed E-state index contributed by atoms with van der Waals surface area (Å²) < 4.78 is 5.62. The maximum absolute atomic E-state index is 12.2. The molecule has 0 bridgehead atoms. The molecule has 1 heterocycles. The van der Waals surface area contributed by atoms with Crippen molar-refractivity contribution in [1.82, 2.24) is 10.2 Å². The Hall–Kier alpha value is -2.64. The summed E-state index contributed by atoms with van der Waals surface area (Å²) in [5.41, 5.74) is 1.98. The standard InChI is InChI=1S/C20H21ClN4O2S/c1-20(2,3)13-4-8-15(9-5-13)22-18(26)23-19-25-24-17(28-19)12-27-16-10-6-14(21)7-11-16/h4-11H,12H2,1-3H3,(H2,22,23,25,26). The van der Waals surface area contributed by atoms with E-state index in [4.69, 9.17) is 16.3 Å². The number of anilines is 2. The lowest BCUT2D eigenvalue weighted by atomic mass is 9.87. The van der Waals surface area contributed by atoms with Crippen molar-refractivity contribution in [1.29, 1.82) is 0 Å². The molecule has 0 radical (unpaired) electrons. The van der Waals surface area contributed by atoms with Crippen LogP contribution in [0.25, 0.3) is 0 Å². The van der Waals surface area contributed by atoms with E-state index in [0.717, 1.165) is 0 Å². The lowest BCUT2D eigenvalue weighted by Crippen LogP contribution is -2.19. The van der Waals surface area contributed by atoms with E-state index in [1.54, 1.807) is 24.3 Å². The number of carbonyl (C=O) groups excluding carboxylic acids is 1. The minimum Gasteiger partial charge on any atom is -0.486 e. The molecule has 2 N–H and O–H groups in total. The molecule has 1 aromatic heterocycles. The van der Waals surface area contributed by atoms with Crippen molar-refractivity contribution in [2.45, 2.75) is 32.8 Å². The number of benzene rings is 2.